The summed E-state index contributed by atoms with van der Waals surface area (Å²) < 4.78 is 5.41. The summed E-state index contributed by atoms with van der Waals surface area (Å²) in [5, 5.41) is 15.8. The Morgan fingerprint density at radius 3 is 2.28 bits per heavy atom. The molecule has 8 nitrogen and oxygen atoms in total. The van der Waals surface area contributed by atoms with Crippen molar-refractivity contribution in [2.24, 2.45) is 0 Å². The van der Waals surface area contributed by atoms with Crippen molar-refractivity contribution in [2.45, 2.75) is 97.9 Å². The number of hydrogen-bond acceptors (Lipinski definition) is 6. The molecular weight excluding hydrogens is 478 g/mol. The molecule has 0 saturated carbocycles. The Hall–Kier alpha value is -2.42. The zero-order valence-corrected chi connectivity index (χ0v) is 24.2. The number of amides is 3. The zero-order valence-electron chi connectivity index (χ0n) is 23.4. The van der Waals surface area contributed by atoms with Crippen LogP contribution in [-0.4, -0.2) is 63.6 Å². The predicted octanol–water partition coefficient (Wildman–Crippen LogP) is 4.93. The summed E-state index contributed by atoms with van der Waals surface area (Å²) in [5.74, 6) is 0.0935. The van der Waals surface area contributed by atoms with Crippen molar-refractivity contribution < 1.29 is 24.2 Å². The minimum Gasteiger partial charge on any atom is -0.508 e. The number of hydrogen-bond donors (Lipinski definition) is 3. The molecule has 3 N–H and O–H groups in total. The van der Waals surface area contributed by atoms with Gasteiger partial charge in [0, 0.05) is 12.1 Å². The SMILES string of the molecule is CCCCN(C(=O)C(CCSC)NC(=O)OC(C)(C)C)C(C(=O)NC(C)(C)C)c1ccc(O)c(C)c1. The summed E-state index contributed by atoms with van der Waals surface area (Å²) in [5.41, 5.74) is -0.0295. The number of carbonyl (C=O) groups excluding carboxylic acids is 3. The van der Waals surface area contributed by atoms with E-state index in [4.69, 9.17) is 4.74 Å². The van der Waals surface area contributed by atoms with Crippen molar-refractivity contribution in [2.75, 3.05) is 18.6 Å². The molecule has 0 fully saturated rings. The van der Waals surface area contributed by atoms with E-state index in [0.717, 1.165) is 6.42 Å². The van der Waals surface area contributed by atoms with Crippen LogP contribution in [0.25, 0.3) is 0 Å². The summed E-state index contributed by atoms with van der Waals surface area (Å²) in [7, 11) is 0. The van der Waals surface area contributed by atoms with Crippen LogP contribution >= 0.6 is 11.8 Å². The van der Waals surface area contributed by atoms with Gasteiger partial charge in [-0.15, -0.1) is 0 Å². The standard InChI is InChI=1S/C27H45N3O5S/c1-10-11-15-30(24(33)20(14-16-36-9)28-25(34)35-27(6,7)8)22(23(32)29-26(3,4)5)19-12-13-21(31)18(2)17-19/h12-13,17,20,22,31H,10-11,14-16H2,1-9H3,(H,28,34)(H,29,32). The summed E-state index contributed by atoms with van der Waals surface area (Å²) in [4.78, 5) is 41.8. The Morgan fingerprint density at radius 2 is 1.78 bits per heavy atom. The van der Waals surface area contributed by atoms with Gasteiger partial charge in [0.1, 0.15) is 23.4 Å². The number of ether oxygens (including phenoxy) is 1. The molecule has 204 valence electrons. The Bertz CT molecular complexity index is 892. The van der Waals surface area contributed by atoms with E-state index in [9.17, 15) is 19.5 Å². The summed E-state index contributed by atoms with van der Waals surface area (Å²) in [6, 6.07) is 3.15. The highest BCUT2D eigenvalue weighted by Crippen LogP contribution is 2.28. The largest absolute Gasteiger partial charge is 0.508 e. The molecule has 0 radical (unpaired) electrons. The van der Waals surface area contributed by atoms with Gasteiger partial charge in [-0.2, -0.15) is 11.8 Å². The van der Waals surface area contributed by atoms with Crippen LogP contribution in [0.1, 0.15) is 84.9 Å². The highest BCUT2D eigenvalue weighted by molar-refractivity contribution is 7.98. The fraction of sp³-hybridized carbons (Fsp3) is 0.667. The molecule has 0 aliphatic carbocycles. The van der Waals surface area contributed by atoms with Gasteiger partial charge in [0.2, 0.25) is 11.8 Å². The number of phenols is 1. The van der Waals surface area contributed by atoms with Crippen LogP contribution in [0, 0.1) is 6.92 Å². The topological polar surface area (TPSA) is 108 Å². The number of unbranched alkanes of at least 4 members (excludes halogenated alkanes) is 1. The van der Waals surface area contributed by atoms with Gasteiger partial charge >= 0.3 is 6.09 Å². The third kappa shape index (κ3) is 10.7. The lowest BCUT2D eigenvalue weighted by Gasteiger charge is -2.36. The van der Waals surface area contributed by atoms with Crippen molar-refractivity contribution in [3.8, 4) is 5.75 Å². The maximum atomic E-state index is 14.0. The van der Waals surface area contributed by atoms with Crippen LogP contribution in [0.3, 0.4) is 0 Å². The molecule has 0 bridgehead atoms. The molecule has 0 heterocycles. The Balaban J connectivity index is 3.52. The highest BCUT2D eigenvalue weighted by Gasteiger charge is 2.37. The quantitative estimate of drug-likeness (QED) is 0.380. The van der Waals surface area contributed by atoms with E-state index in [1.807, 2.05) is 34.0 Å². The van der Waals surface area contributed by atoms with Crippen LogP contribution < -0.4 is 10.6 Å². The smallest absolute Gasteiger partial charge is 0.408 e. The molecule has 1 rings (SSSR count). The van der Waals surface area contributed by atoms with E-state index in [0.29, 0.717) is 36.3 Å². The first-order valence-electron chi connectivity index (χ1n) is 12.5. The minimum absolute atomic E-state index is 0.115. The van der Waals surface area contributed by atoms with Crippen LogP contribution in [0.15, 0.2) is 18.2 Å². The molecular formula is C27H45N3O5S. The van der Waals surface area contributed by atoms with E-state index < -0.39 is 29.3 Å². The van der Waals surface area contributed by atoms with Crippen molar-refractivity contribution in [1.29, 1.82) is 0 Å². The second kappa shape index (κ2) is 13.8. The van der Waals surface area contributed by atoms with E-state index >= 15 is 0 Å². The molecule has 36 heavy (non-hydrogen) atoms. The molecule has 0 aliphatic heterocycles. The van der Waals surface area contributed by atoms with Gasteiger partial charge in [-0.3, -0.25) is 9.59 Å². The average Bonchev–Trinajstić information content (AvgIpc) is 2.73. The van der Waals surface area contributed by atoms with Gasteiger partial charge < -0.3 is 25.4 Å². The van der Waals surface area contributed by atoms with Crippen molar-refractivity contribution in [3.05, 3.63) is 29.3 Å². The molecule has 0 aliphatic rings. The van der Waals surface area contributed by atoms with Gasteiger partial charge in [0.15, 0.2) is 0 Å². The molecule has 9 heteroatoms. The fourth-order valence-electron chi connectivity index (χ4n) is 3.60. The van der Waals surface area contributed by atoms with Crippen LogP contribution in [0.4, 0.5) is 4.79 Å². The third-order valence-corrected chi connectivity index (χ3v) is 5.87. The van der Waals surface area contributed by atoms with Crippen LogP contribution in [0.2, 0.25) is 0 Å². The first kappa shape index (κ1) is 31.6. The molecule has 2 atom stereocenters. The maximum Gasteiger partial charge on any atom is 0.408 e. The molecule has 1 aromatic rings. The van der Waals surface area contributed by atoms with Gasteiger partial charge in [-0.25, -0.2) is 4.79 Å². The Morgan fingerprint density at radius 1 is 1.14 bits per heavy atom. The monoisotopic (exact) mass is 523 g/mol. The number of aromatic hydroxyl groups is 1. The van der Waals surface area contributed by atoms with Crippen molar-refractivity contribution >= 4 is 29.7 Å². The maximum absolute atomic E-state index is 14.0. The van der Waals surface area contributed by atoms with Gasteiger partial charge in [-0.05, 0) is 96.6 Å². The molecule has 2 unspecified atom stereocenters. The lowest BCUT2D eigenvalue weighted by Crippen LogP contribution is -2.55. The first-order valence-corrected chi connectivity index (χ1v) is 13.9. The summed E-state index contributed by atoms with van der Waals surface area (Å²) in [6.45, 7) is 15.0. The normalized spacial score (nSPS) is 13.5. The fourth-order valence-corrected chi connectivity index (χ4v) is 4.07. The highest BCUT2D eigenvalue weighted by atomic mass is 32.2. The van der Waals surface area contributed by atoms with Crippen LogP contribution in [0.5, 0.6) is 5.75 Å². The number of thioether (sulfide) groups is 1. The number of carbonyl (C=O) groups is 3. The van der Waals surface area contributed by atoms with E-state index in [1.54, 1.807) is 56.5 Å². The lowest BCUT2D eigenvalue weighted by atomic mass is 9.98. The summed E-state index contributed by atoms with van der Waals surface area (Å²) >= 11 is 1.57. The summed E-state index contributed by atoms with van der Waals surface area (Å²) in [6.07, 6.45) is 3.16. The van der Waals surface area contributed by atoms with E-state index in [2.05, 4.69) is 10.6 Å². The predicted molar refractivity (Wildman–Crippen MR) is 146 cm³/mol. The molecule has 3 amide bonds. The number of nitrogens with one attached hydrogen (secondary N) is 2. The van der Waals surface area contributed by atoms with E-state index in [1.165, 1.54) is 6.07 Å². The number of aryl methyl sites for hydroxylation is 1. The number of alkyl carbamates (subject to hydrolysis) is 1. The van der Waals surface area contributed by atoms with Crippen LogP contribution in [-0.2, 0) is 14.3 Å². The van der Waals surface area contributed by atoms with Gasteiger partial charge in [-0.1, -0.05) is 19.4 Å². The van der Waals surface area contributed by atoms with Crippen molar-refractivity contribution in [3.63, 3.8) is 0 Å². The Kier molecular flexibility index (Phi) is 12.1. The Labute approximate surface area is 220 Å². The minimum atomic E-state index is -0.931. The van der Waals surface area contributed by atoms with E-state index in [-0.39, 0.29) is 17.6 Å². The second-order valence-electron chi connectivity index (χ2n) is 11.1. The number of nitrogens with zero attached hydrogens (tertiary/aromatic N) is 1. The van der Waals surface area contributed by atoms with Crippen molar-refractivity contribution in [1.82, 2.24) is 15.5 Å². The second-order valence-corrected chi connectivity index (χ2v) is 12.0. The number of benzene rings is 1. The average molecular weight is 524 g/mol. The third-order valence-electron chi connectivity index (χ3n) is 5.23. The van der Waals surface area contributed by atoms with Gasteiger partial charge in [0.25, 0.3) is 0 Å². The molecule has 0 saturated heterocycles. The zero-order chi connectivity index (χ0) is 27.7. The van der Waals surface area contributed by atoms with Gasteiger partial charge in [0.05, 0.1) is 0 Å². The molecule has 1 aromatic carbocycles. The molecule has 0 spiro atoms. The first-order chi connectivity index (χ1) is 16.6. The number of phenolic OH excluding ortho intramolecular Hbond substituents is 1. The number of rotatable bonds is 11. The molecule has 0 aromatic heterocycles. The lowest BCUT2D eigenvalue weighted by molar-refractivity contribution is -0.143.